The number of benzene rings is 2. The summed E-state index contributed by atoms with van der Waals surface area (Å²) in [6.07, 6.45) is 0.834. The van der Waals surface area contributed by atoms with Gasteiger partial charge in [-0.25, -0.2) is 0 Å². The maximum absolute atomic E-state index is 12.7. The summed E-state index contributed by atoms with van der Waals surface area (Å²) in [5, 5.41) is 9.56. The third-order valence-electron chi connectivity index (χ3n) is 3.69. The zero-order valence-electron chi connectivity index (χ0n) is 11.2. The van der Waals surface area contributed by atoms with Crippen molar-refractivity contribution >= 4 is 17.3 Å². The smallest absolute Gasteiger partial charge is 0.260 e. The van der Waals surface area contributed by atoms with E-state index in [0.717, 1.165) is 17.7 Å². The van der Waals surface area contributed by atoms with Gasteiger partial charge >= 0.3 is 0 Å². The van der Waals surface area contributed by atoms with Crippen molar-refractivity contribution in [1.29, 1.82) is 0 Å². The van der Waals surface area contributed by atoms with Gasteiger partial charge in [-0.05, 0) is 43.2 Å². The number of carbonyl (C=O) groups excluding carboxylic acids is 1. The number of anilines is 2. The summed E-state index contributed by atoms with van der Waals surface area (Å²) >= 11 is 0. The Labute approximate surface area is 117 Å². The molecule has 0 radical (unpaired) electrons. The van der Waals surface area contributed by atoms with Gasteiger partial charge in [0.05, 0.1) is 5.56 Å². The van der Waals surface area contributed by atoms with Crippen molar-refractivity contribution in [1.82, 2.24) is 0 Å². The van der Waals surface area contributed by atoms with Gasteiger partial charge in [0.25, 0.3) is 5.91 Å². The van der Waals surface area contributed by atoms with Gasteiger partial charge < -0.3 is 15.7 Å². The molecule has 1 amide bonds. The average molecular weight is 268 g/mol. The third-order valence-corrected chi connectivity index (χ3v) is 3.69. The van der Waals surface area contributed by atoms with E-state index in [1.807, 2.05) is 31.2 Å². The standard InChI is InChI=1S/C16H16N2O2/c1-10-8-11-4-2-3-5-15(11)18(10)16(20)13-9-12(19)6-7-14(13)17/h2-7,9-10,19H,8,17H2,1H3. The van der Waals surface area contributed by atoms with Crippen molar-refractivity contribution in [3.8, 4) is 5.75 Å². The number of rotatable bonds is 1. The van der Waals surface area contributed by atoms with Crippen LogP contribution in [0.1, 0.15) is 22.8 Å². The number of hydrogen-bond acceptors (Lipinski definition) is 3. The molecule has 1 heterocycles. The summed E-state index contributed by atoms with van der Waals surface area (Å²) in [6, 6.07) is 12.4. The Morgan fingerprint density at radius 2 is 2.05 bits per heavy atom. The quantitative estimate of drug-likeness (QED) is 0.617. The Bertz CT molecular complexity index is 682. The molecule has 0 aliphatic carbocycles. The molecule has 0 saturated carbocycles. The van der Waals surface area contributed by atoms with E-state index in [9.17, 15) is 9.90 Å². The van der Waals surface area contributed by atoms with Gasteiger partial charge in [0.1, 0.15) is 5.75 Å². The Hall–Kier alpha value is -2.49. The van der Waals surface area contributed by atoms with E-state index in [-0.39, 0.29) is 17.7 Å². The Morgan fingerprint density at radius 3 is 2.85 bits per heavy atom. The molecule has 1 unspecified atom stereocenters. The fraction of sp³-hybridized carbons (Fsp3) is 0.188. The summed E-state index contributed by atoms with van der Waals surface area (Å²) in [5.74, 6) is -0.126. The number of nitrogens with zero attached hydrogens (tertiary/aromatic N) is 1. The first kappa shape index (κ1) is 12.5. The molecule has 1 atom stereocenters. The van der Waals surface area contributed by atoms with E-state index in [0.29, 0.717) is 11.3 Å². The van der Waals surface area contributed by atoms with E-state index in [2.05, 4.69) is 0 Å². The van der Waals surface area contributed by atoms with Crippen LogP contribution in [0, 0.1) is 0 Å². The second-order valence-electron chi connectivity index (χ2n) is 5.13. The highest BCUT2D eigenvalue weighted by Crippen LogP contribution is 2.34. The van der Waals surface area contributed by atoms with Crippen LogP contribution in [0.5, 0.6) is 5.75 Å². The summed E-state index contributed by atoms with van der Waals surface area (Å²) < 4.78 is 0. The number of nitrogen functional groups attached to an aromatic ring is 1. The van der Waals surface area contributed by atoms with E-state index >= 15 is 0 Å². The van der Waals surface area contributed by atoms with Gasteiger partial charge in [-0.1, -0.05) is 18.2 Å². The van der Waals surface area contributed by atoms with Gasteiger partial charge in [0, 0.05) is 17.4 Å². The van der Waals surface area contributed by atoms with Crippen molar-refractivity contribution in [3.63, 3.8) is 0 Å². The van der Waals surface area contributed by atoms with E-state index in [4.69, 9.17) is 5.73 Å². The highest BCUT2D eigenvalue weighted by atomic mass is 16.3. The molecule has 0 fully saturated rings. The predicted octanol–water partition coefficient (Wildman–Crippen LogP) is 2.57. The van der Waals surface area contributed by atoms with Gasteiger partial charge in [0.2, 0.25) is 0 Å². The van der Waals surface area contributed by atoms with Crippen LogP contribution < -0.4 is 10.6 Å². The molecular weight excluding hydrogens is 252 g/mol. The van der Waals surface area contributed by atoms with Crippen LogP contribution in [0.15, 0.2) is 42.5 Å². The molecule has 0 aromatic heterocycles. The number of aromatic hydroxyl groups is 1. The second-order valence-corrected chi connectivity index (χ2v) is 5.13. The normalized spacial score (nSPS) is 17.1. The number of amides is 1. The highest BCUT2D eigenvalue weighted by molar-refractivity contribution is 6.10. The first-order chi connectivity index (χ1) is 9.58. The van der Waals surface area contributed by atoms with Gasteiger partial charge in [-0.3, -0.25) is 4.79 Å². The Kier molecular flexibility index (Phi) is 2.86. The minimum absolute atomic E-state index is 0.0442. The first-order valence-corrected chi connectivity index (χ1v) is 6.58. The number of phenolic OH excluding ortho intramolecular Hbond substituents is 1. The van der Waals surface area contributed by atoms with E-state index in [1.54, 1.807) is 11.0 Å². The molecule has 1 aliphatic rings. The molecular formula is C16H16N2O2. The zero-order valence-corrected chi connectivity index (χ0v) is 11.2. The lowest BCUT2D eigenvalue weighted by Crippen LogP contribution is -2.36. The van der Waals surface area contributed by atoms with Crippen LogP contribution in [0.25, 0.3) is 0 Å². The van der Waals surface area contributed by atoms with Gasteiger partial charge in [-0.2, -0.15) is 0 Å². The lowest BCUT2D eigenvalue weighted by atomic mass is 10.1. The van der Waals surface area contributed by atoms with Crippen LogP contribution in [-0.2, 0) is 6.42 Å². The molecule has 4 heteroatoms. The minimum atomic E-state index is -0.171. The van der Waals surface area contributed by atoms with Crippen molar-refractivity contribution in [2.45, 2.75) is 19.4 Å². The van der Waals surface area contributed by atoms with Gasteiger partial charge in [-0.15, -0.1) is 0 Å². The molecule has 20 heavy (non-hydrogen) atoms. The molecule has 1 aliphatic heterocycles. The van der Waals surface area contributed by atoms with E-state index < -0.39 is 0 Å². The molecule has 0 spiro atoms. The molecule has 4 nitrogen and oxygen atoms in total. The zero-order chi connectivity index (χ0) is 14.3. The van der Waals surface area contributed by atoms with Crippen LogP contribution in [0.3, 0.4) is 0 Å². The maximum Gasteiger partial charge on any atom is 0.260 e. The monoisotopic (exact) mass is 268 g/mol. The summed E-state index contributed by atoms with van der Waals surface area (Å²) in [6.45, 7) is 2.01. The maximum atomic E-state index is 12.7. The number of phenols is 1. The van der Waals surface area contributed by atoms with Crippen LogP contribution in [0.2, 0.25) is 0 Å². The van der Waals surface area contributed by atoms with E-state index in [1.165, 1.54) is 12.1 Å². The molecule has 2 aromatic carbocycles. The SMILES string of the molecule is CC1Cc2ccccc2N1C(=O)c1cc(O)ccc1N. The summed E-state index contributed by atoms with van der Waals surface area (Å²) in [5.41, 5.74) is 8.67. The minimum Gasteiger partial charge on any atom is -0.508 e. The third kappa shape index (κ3) is 1.90. The lowest BCUT2D eigenvalue weighted by molar-refractivity contribution is 0.0982. The first-order valence-electron chi connectivity index (χ1n) is 6.58. The largest absolute Gasteiger partial charge is 0.508 e. The van der Waals surface area contributed by atoms with Crippen molar-refractivity contribution in [3.05, 3.63) is 53.6 Å². The molecule has 0 saturated heterocycles. The predicted molar refractivity (Wildman–Crippen MR) is 78.9 cm³/mol. The van der Waals surface area contributed by atoms with Crippen LogP contribution >= 0.6 is 0 Å². The van der Waals surface area contributed by atoms with Crippen molar-refractivity contribution in [2.75, 3.05) is 10.6 Å². The second kappa shape index (κ2) is 4.56. The molecule has 102 valence electrons. The van der Waals surface area contributed by atoms with Crippen molar-refractivity contribution in [2.24, 2.45) is 0 Å². The topological polar surface area (TPSA) is 66.6 Å². The molecule has 3 rings (SSSR count). The Balaban J connectivity index is 2.05. The fourth-order valence-corrected chi connectivity index (χ4v) is 2.73. The molecule has 2 aromatic rings. The lowest BCUT2D eigenvalue weighted by Gasteiger charge is -2.23. The Morgan fingerprint density at radius 1 is 1.30 bits per heavy atom. The molecule has 0 bridgehead atoms. The highest BCUT2D eigenvalue weighted by Gasteiger charge is 2.32. The summed E-state index contributed by atoms with van der Waals surface area (Å²) in [7, 11) is 0. The fourth-order valence-electron chi connectivity index (χ4n) is 2.73. The summed E-state index contributed by atoms with van der Waals surface area (Å²) in [4.78, 5) is 14.5. The number of hydrogen-bond donors (Lipinski definition) is 2. The molecule has 3 N–H and O–H groups in total. The number of para-hydroxylation sites is 1. The van der Waals surface area contributed by atoms with Crippen LogP contribution in [0.4, 0.5) is 11.4 Å². The number of fused-ring (bicyclic) bond motifs is 1. The van der Waals surface area contributed by atoms with Crippen molar-refractivity contribution < 1.29 is 9.90 Å². The van der Waals surface area contributed by atoms with Crippen LogP contribution in [-0.4, -0.2) is 17.1 Å². The van der Waals surface area contributed by atoms with Gasteiger partial charge in [0.15, 0.2) is 0 Å². The average Bonchev–Trinajstić information content (AvgIpc) is 2.76. The number of nitrogens with two attached hydrogens (primary N) is 1. The number of carbonyl (C=O) groups is 1.